The van der Waals surface area contributed by atoms with Gasteiger partial charge in [0.25, 0.3) is 0 Å². The number of halogens is 2. The van der Waals surface area contributed by atoms with Gasteiger partial charge in [0, 0.05) is 16.8 Å². The van der Waals surface area contributed by atoms with Crippen molar-refractivity contribution >= 4 is 45.7 Å². The first-order valence-electron chi connectivity index (χ1n) is 5.76. The molecule has 0 aliphatic carbocycles. The van der Waals surface area contributed by atoms with E-state index in [4.69, 9.17) is 23.2 Å². The average molecular weight is 326 g/mol. The van der Waals surface area contributed by atoms with E-state index < -0.39 is 0 Å². The van der Waals surface area contributed by atoms with E-state index in [9.17, 15) is 10.2 Å². The second-order valence-corrected chi connectivity index (χ2v) is 6.11. The van der Waals surface area contributed by atoms with Crippen LogP contribution in [-0.4, -0.2) is 15.3 Å². The zero-order valence-electron chi connectivity index (χ0n) is 10.1. The van der Waals surface area contributed by atoms with Gasteiger partial charge in [-0.1, -0.05) is 23.2 Å². The first-order valence-corrected chi connectivity index (χ1v) is 7.50. The van der Waals surface area contributed by atoms with Crippen LogP contribution in [0.5, 0.6) is 11.5 Å². The Labute approximate surface area is 129 Å². The third kappa shape index (κ3) is 2.46. The van der Waals surface area contributed by atoms with Crippen molar-refractivity contribution in [2.45, 2.75) is 5.75 Å². The number of thioether (sulfide) groups is 1. The Kier molecular flexibility index (Phi) is 3.54. The van der Waals surface area contributed by atoms with Crippen LogP contribution in [0.3, 0.4) is 0 Å². The molecule has 0 radical (unpaired) electrons. The number of nitrogens with zero attached hydrogens (tertiary/aromatic N) is 1. The van der Waals surface area contributed by atoms with Crippen molar-refractivity contribution in [3.8, 4) is 11.5 Å². The number of fused-ring (bicyclic) bond motifs is 1. The summed E-state index contributed by atoms with van der Waals surface area (Å²) in [5.41, 5.74) is 2.39. The van der Waals surface area contributed by atoms with Crippen molar-refractivity contribution in [3.63, 3.8) is 0 Å². The molecule has 2 N–H and O–H groups in total. The molecule has 2 aromatic rings. The maximum Gasteiger partial charge on any atom is 0.137 e. The van der Waals surface area contributed by atoms with Crippen LogP contribution in [-0.2, 0) is 5.75 Å². The summed E-state index contributed by atoms with van der Waals surface area (Å²) in [4.78, 5) is 4.51. The van der Waals surface area contributed by atoms with Crippen LogP contribution in [0.1, 0.15) is 11.1 Å². The van der Waals surface area contributed by atoms with Crippen molar-refractivity contribution in [2.24, 2.45) is 4.99 Å². The van der Waals surface area contributed by atoms with Gasteiger partial charge in [-0.05, 0) is 29.8 Å². The number of hydrogen-bond donors (Lipinski definition) is 2. The van der Waals surface area contributed by atoms with Crippen molar-refractivity contribution in [2.75, 3.05) is 0 Å². The molecule has 3 rings (SSSR count). The SMILES string of the molecule is Oc1cc(O)c(C2=Nc3ccc(Cl)cc3CS2)cc1Cl. The number of aromatic hydroxyl groups is 2. The third-order valence-electron chi connectivity index (χ3n) is 2.92. The molecule has 1 aliphatic rings. The molecule has 0 amide bonds. The van der Waals surface area contributed by atoms with Gasteiger partial charge in [-0.3, -0.25) is 0 Å². The minimum atomic E-state index is -0.151. The monoisotopic (exact) mass is 325 g/mol. The topological polar surface area (TPSA) is 52.8 Å². The summed E-state index contributed by atoms with van der Waals surface area (Å²) in [5.74, 6) is 0.518. The van der Waals surface area contributed by atoms with Crippen LogP contribution in [0.15, 0.2) is 35.3 Å². The maximum absolute atomic E-state index is 9.93. The number of phenolic OH excluding ortho intramolecular Hbond substituents is 2. The Morgan fingerprint density at radius 3 is 2.65 bits per heavy atom. The van der Waals surface area contributed by atoms with Crippen LogP contribution in [0.4, 0.5) is 5.69 Å². The molecule has 0 saturated carbocycles. The van der Waals surface area contributed by atoms with Gasteiger partial charge < -0.3 is 10.2 Å². The highest BCUT2D eigenvalue weighted by atomic mass is 35.5. The molecule has 1 aliphatic heterocycles. The van der Waals surface area contributed by atoms with Gasteiger partial charge in [-0.25, -0.2) is 4.99 Å². The van der Waals surface area contributed by atoms with Crippen molar-refractivity contribution in [3.05, 3.63) is 51.5 Å². The highest BCUT2D eigenvalue weighted by Gasteiger charge is 2.18. The fraction of sp³-hybridized carbons (Fsp3) is 0.0714. The summed E-state index contributed by atoms with van der Waals surface area (Å²) in [6, 6.07) is 8.24. The molecule has 0 atom stereocenters. The minimum Gasteiger partial charge on any atom is -0.507 e. The number of aliphatic imine (C=N–C) groups is 1. The highest BCUT2D eigenvalue weighted by molar-refractivity contribution is 8.13. The molecule has 0 unspecified atom stereocenters. The molecule has 0 spiro atoms. The standard InChI is InChI=1S/C14H9Cl2NO2S/c15-8-1-2-11-7(3-8)6-20-14(17-11)9-4-10(16)13(19)5-12(9)18/h1-5,18-19H,6H2. The molecule has 0 saturated heterocycles. The Balaban J connectivity index is 2.08. The maximum atomic E-state index is 9.93. The van der Waals surface area contributed by atoms with E-state index in [1.807, 2.05) is 12.1 Å². The summed E-state index contributed by atoms with van der Waals surface area (Å²) in [6.07, 6.45) is 0. The second-order valence-electron chi connectivity index (χ2n) is 4.30. The van der Waals surface area contributed by atoms with E-state index in [1.54, 1.807) is 6.07 Å². The van der Waals surface area contributed by atoms with Crippen LogP contribution in [0.25, 0.3) is 0 Å². The third-order valence-corrected chi connectivity index (χ3v) is 4.50. The van der Waals surface area contributed by atoms with E-state index >= 15 is 0 Å². The zero-order valence-corrected chi connectivity index (χ0v) is 12.4. The lowest BCUT2D eigenvalue weighted by Gasteiger charge is -2.16. The lowest BCUT2D eigenvalue weighted by atomic mass is 10.1. The van der Waals surface area contributed by atoms with Crippen LogP contribution >= 0.6 is 35.0 Å². The molecule has 102 valence electrons. The van der Waals surface area contributed by atoms with Crippen molar-refractivity contribution in [1.82, 2.24) is 0 Å². The first-order chi connectivity index (χ1) is 9.54. The lowest BCUT2D eigenvalue weighted by molar-refractivity contribution is 0.450. The summed E-state index contributed by atoms with van der Waals surface area (Å²) in [6.45, 7) is 0. The van der Waals surface area contributed by atoms with E-state index in [2.05, 4.69) is 4.99 Å². The summed E-state index contributed by atoms with van der Waals surface area (Å²) >= 11 is 13.3. The summed E-state index contributed by atoms with van der Waals surface area (Å²) in [5, 5.41) is 20.9. The molecular weight excluding hydrogens is 317 g/mol. The lowest BCUT2D eigenvalue weighted by Crippen LogP contribution is -2.02. The number of hydrogen-bond acceptors (Lipinski definition) is 4. The van der Waals surface area contributed by atoms with Crippen molar-refractivity contribution in [1.29, 1.82) is 0 Å². The Bertz CT molecular complexity index is 731. The fourth-order valence-electron chi connectivity index (χ4n) is 1.93. The normalized spacial score (nSPS) is 13.8. The average Bonchev–Trinajstić information content (AvgIpc) is 2.42. The predicted molar refractivity (Wildman–Crippen MR) is 83.7 cm³/mol. The van der Waals surface area contributed by atoms with Gasteiger partial charge in [-0.15, -0.1) is 11.8 Å². The quantitative estimate of drug-likeness (QED) is 0.796. The Morgan fingerprint density at radius 2 is 1.85 bits per heavy atom. The Hall–Kier alpha value is -1.36. The fourth-order valence-corrected chi connectivity index (χ4v) is 3.29. The summed E-state index contributed by atoms with van der Waals surface area (Å²) < 4.78 is 0. The van der Waals surface area contributed by atoms with Crippen LogP contribution < -0.4 is 0 Å². The molecule has 0 bridgehead atoms. The first kappa shape index (κ1) is 13.6. The van der Waals surface area contributed by atoms with Gasteiger partial charge in [-0.2, -0.15) is 0 Å². The van der Waals surface area contributed by atoms with Crippen LogP contribution in [0.2, 0.25) is 10.0 Å². The van der Waals surface area contributed by atoms with Crippen LogP contribution in [0, 0.1) is 0 Å². The number of phenols is 2. The van der Waals surface area contributed by atoms with Gasteiger partial charge in [0.2, 0.25) is 0 Å². The summed E-state index contributed by atoms with van der Waals surface area (Å²) in [7, 11) is 0. The smallest absolute Gasteiger partial charge is 0.137 e. The molecule has 0 fully saturated rings. The van der Waals surface area contributed by atoms with Gasteiger partial charge in [0.15, 0.2) is 0 Å². The van der Waals surface area contributed by atoms with E-state index in [0.29, 0.717) is 21.4 Å². The van der Waals surface area contributed by atoms with Gasteiger partial charge in [0.1, 0.15) is 16.5 Å². The van der Waals surface area contributed by atoms with Gasteiger partial charge in [0.05, 0.1) is 16.3 Å². The molecule has 3 nitrogen and oxygen atoms in total. The van der Waals surface area contributed by atoms with E-state index in [0.717, 1.165) is 11.3 Å². The zero-order chi connectivity index (χ0) is 14.3. The van der Waals surface area contributed by atoms with E-state index in [1.165, 1.54) is 23.9 Å². The largest absolute Gasteiger partial charge is 0.507 e. The second kappa shape index (κ2) is 5.20. The minimum absolute atomic E-state index is 0.0458. The molecule has 1 heterocycles. The van der Waals surface area contributed by atoms with Crippen molar-refractivity contribution < 1.29 is 10.2 Å². The van der Waals surface area contributed by atoms with Gasteiger partial charge >= 0.3 is 0 Å². The number of benzene rings is 2. The molecule has 0 aromatic heterocycles. The Morgan fingerprint density at radius 1 is 1.05 bits per heavy atom. The molecular formula is C14H9Cl2NO2S. The number of rotatable bonds is 1. The molecule has 2 aromatic carbocycles. The molecule has 20 heavy (non-hydrogen) atoms. The molecule has 6 heteroatoms. The predicted octanol–water partition coefficient (Wildman–Crippen LogP) is 4.73. The highest BCUT2D eigenvalue weighted by Crippen LogP contribution is 2.39. The van der Waals surface area contributed by atoms with E-state index in [-0.39, 0.29) is 16.5 Å².